The Hall–Kier alpha value is -1.82. The van der Waals surface area contributed by atoms with Crippen molar-refractivity contribution in [3.63, 3.8) is 0 Å². The molecule has 0 spiro atoms. The van der Waals surface area contributed by atoms with Gasteiger partial charge < -0.3 is 15.4 Å². The number of carbonyl (C=O) groups excluding carboxylic acids is 1. The van der Waals surface area contributed by atoms with Crippen LogP contribution in [0.2, 0.25) is 0 Å². The molecule has 0 saturated carbocycles. The van der Waals surface area contributed by atoms with E-state index in [-0.39, 0.29) is 6.03 Å². The van der Waals surface area contributed by atoms with Crippen LogP contribution < -0.4 is 15.4 Å². The summed E-state index contributed by atoms with van der Waals surface area (Å²) >= 11 is 0. The van der Waals surface area contributed by atoms with Crippen molar-refractivity contribution in [3.8, 4) is 5.88 Å². The van der Waals surface area contributed by atoms with Crippen LogP contribution in [0.15, 0.2) is 18.3 Å². The molecule has 6 nitrogen and oxygen atoms in total. The fourth-order valence-corrected chi connectivity index (χ4v) is 3.16. The van der Waals surface area contributed by atoms with Crippen molar-refractivity contribution < 1.29 is 9.53 Å². The van der Waals surface area contributed by atoms with Gasteiger partial charge in [-0.25, -0.2) is 9.78 Å². The molecule has 0 aliphatic carbocycles. The number of ether oxygens (including phenoxy) is 1. The van der Waals surface area contributed by atoms with Gasteiger partial charge in [-0.2, -0.15) is 0 Å². The maximum Gasteiger partial charge on any atom is 0.319 e. The van der Waals surface area contributed by atoms with Gasteiger partial charge in [0, 0.05) is 18.7 Å². The first-order chi connectivity index (χ1) is 11.6. The fourth-order valence-electron chi connectivity index (χ4n) is 3.16. The van der Waals surface area contributed by atoms with Gasteiger partial charge in [0.05, 0.1) is 19.0 Å². The Morgan fingerprint density at radius 2 is 1.96 bits per heavy atom. The lowest BCUT2D eigenvalue weighted by Gasteiger charge is -2.33. The van der Waals surface area contributed by atoms with E-state index in [1.807, 2.05) is 0 Å². The highest BCUT2D eigenvalue weighted by Gasteiger charge is 2.23. The van der Waals surface area contributed by atoms with Crippen LogP contribution in [-0.4, -0.2) is 48.7 Å². The number of anilines is 1. The Labute approximate surface area is 145 Å². The highest BCUT2D eigenvalue weighted by atomic mass is 16.5. The molecule has 134 valence electrons. The number of hydrogen-bond acceptors (Lipinski definition) is 4. The van der Waals surface area contributed by atoms with Gasteiger partial charge in [0.15, 0.2) is 0 Å². The molecule has 1 aromatic heterocycles. The summed E-state index contributed by atoms with van der Waals surface area (Å²) in [6.07, 6.45) is 6.74. The van der Waals surface area contributed by atoms with Crippen molar-refractivity contribution in [2.24, 2.45) is 5.92 Å². The topological polar surface area (TPSA) is 66.5 Å². The van der Waals surface area contributed by atoms with Crippen LogP contribution in [0.25, 0.3) is 0 Å². The van der Waals surface area contributed by atoms with Crippen molar-refractivity contribution >= 4 is 11.7 Å². The van der Waals surface area contributed by atoms with E-state index < -0.39 is 0 Å². The van der Waals surface area contributed by atoms with Crippen LogP contribution in [0.5, 0.6) is 5.88 Å². The average Bonchev–Trinajstić information content (AvgIpc) is 2.85. The summed E-state index contributed by atoms with van der Waals surface area (Å²) < 4.78 is 5.01. The highest BCUT2D eigenvalue weighted by Crippen LogP contribution is 2.17. The molecule has 0 radical (unpaired) electrons. The molecule has 1 aliphatic heterocycles. The van der Waals surface area contributed by atoms with Gasteiger partial charge in [-0.05, 0) is 37.9 Å². The number of carbonyl (C=O) groups is 1. The predicted molar refractivity (Wildman–Crippen MR) is 96.5 cm³/mol. The first kappa shape index (κ1) is 18.5. The summed E-state index contributed by atoms with van der Waals surface area (Å²) in [4.78, 5) is 18.8. The molecule has 1 fully saturated rings. The molecule has 1 aliphatic rings. The molecule has 0 bridgehead atoms. The summed E-state index contributed by atoms with van der Waals surface area (Å²) in [5.41, 5.74) is 0.657. The number of nitrogens with one attached hydrogen (secondary N) is 2. The largest absolute Gasteiger partial charge is 0.481 e. The average molecular weight is 334 g/mol. The summed E-state index contributed by atoms with van der Waals surface area (Å²) in [5.74, 6) is 1.04. The molecular weight excluding hydrogens is 304 g/mol. The van der Waals surface area contributed by atoms with Crippen LogP contribution in [0, 0.1) is 5.92 Å². The second-order valence-electron chi connectivity index (χ2n) is 6.69. The van der Waals surface area contributed by atoms with Crippen molar-refractivity contribution in [3.05, 3.63) is 18.3 Å². The van der Waals surface area contributed by atoms with Crippen LogP contribution in [0.1, 0.15) is 39.5 Å². The Bertz CT molecular complexity index is 496. The quantitative estimate of drug-likeness (QED) is 0.839. The number of pyridine rings is 1. The molecule has 24 heavy (non-hydrogen) atoms. The first-order valence-electron chi connectivity index (χ1n) is 8.89. The zero-order valence-corrected chi connectivity index (χ0v) is 15.0. The first-order valence-corrected chi connectivity index (χ1v) is 8.89. The van der Waals surface area contributed by atoms with Gasteiger partial charge in [-0.15, -0.1) is 0 Å². The van der Waals surface area contributed by atoms with E-state index in [9.17, 15) is 4.79 Å². The Morgan fingerprint density at radius 3 is 2.50 bits per heavy atom. The van der Waals surface area contributed by atoms with Crippen LogP contribution in [0.3, 0.4) is 0 Å². The summed E-state index contributed by atoms with van der Waals surface area (Å²) in [6, 6.07) is 3.69. The number of nitrogens with zero attached hydrogens (tertiary/aromatic N) is 2. The smallest absolute Gasteiger partial charge is 0.319 e. The molecule has 2 rings (SSSR count). The number of amides is 2. The van der Waals surface area contributed by atoms with Crippen LogP contribution >= 0.6 is 0 Å². The standard InChI is InChI=1S/C18H30N4O2/c1-14(2)16(22-10-6-4-5-7-11-22)13-20-18(23)21-15-8-9-17(24-3)19-12-15/h8-9,12,14,16H,4-7,10-11,13H2,1-3H3,(H2,20,21,23)/t16-/m0/s1. The lowest BCUT2D eigenvalue weighted by Crippen LogP contribution is -2.48. The van der Waals surface area contributed by atoms with E-state index in [4.69, 9.17) is 4.74 Å². The zero-order chi connectivity index (χ0) is 17.4. The van der Waals surface area contributed by atoms with E-state index in [0.29, 0.717) is 30.1 Å². The van der Waals surface area contributed by atoms with Gasteiger partial charge >= 0.3 is 6.03 Å². The predicted octanol–water partition coefficient (Wildman–Crippen LogP) is 3.11. The third-order valence-electron chi connectivity index (χ3n) is 4.55. The third kappa shape index (κ3) is 5.67. The van der Waals surface area contributed by atoms with Gasteiger partial charge in [-0.1, -0.05) is 26.7 Å². The number of methoxy groups -OCH3 is 1. The van der Waals surface area contributed by atoms with Crippen molar-refractivity contribution in [2.45, 2.75) is 45.6 Å². The van der Waals surface area contributed by atoms with E-state index in [2.05, 4.69) is 34.4 Å². The number of urea groups is 1. The van der Waals surface area contributed by atoms with E-state index in [0.717, 1.165) is 13.1 Å². The lowest BCUT2D eigenvalue weighted by molar-refractivity contribution is 0.158. The number of rotatable bonds is 6. The van der Waals surface area contributed by atoms with Crippen molar-refractivity contribution in [1.82, 2.24) is 15.2 Å². The van der Waals surface area contributed by atoms with E-state index in [1.165, 1.54) is 25.7 Å². The normalized spacial score (nSPS) is 17.2. The SMILES string of the molecule is COc1ccc(NC(=O)NC[C@@H](C(C)C)N2CCCCCC2)cn1. The van der Waals surface area contributed by atoms with Gasteiger partial charge in [0.2, 0.25) is 5.88 Å². The molecule has 2 amide bonds. The molecule has 6 heteroatoms. The van der Waals surface area contributed by atoms with Crippen LogP contribution in [0.4, 0.5) is 10.5 Å². The summed E-state index contributed by atoms with van der Waals surface area (Å²) in [7, 11) is 1.57. The number of likely N-dealkylation sites (tertiary alicyclic amines) is 1. The highest BCUT2D eigenvalue weighted by molar-refractivity contribution is 5.89. The molecule has 0 aromatic carbocycles. The molecule has 2 N–H and O–H groups in total. The van der Waals surface area contributed by atoms with Crippen LogP contribution in [-0.2, 0) is 0 Å². The molecule has 0 unspecified atom stereocenters. The Morgan fingerprint density at radius 1 is 1.25 bits per heavy atom. The maximum atomic E-state index is 12.1. The molecular formula is C18H30N4O2. The second-order valence-corrected chi connectivity index (χ2v) is 6.69. The monoisotopic (exact) mass is 334 g/mol. The van der Waals surface area contributed by atoms with E-state index in [1.54, 1.807) is 25.4 Å². The lowest BCUT2D eigenvalue weighted by atomic mass is 10.0. The minimum Gasteiger partial charge on any atom is -0.481 e. The Kier molecular flexibility index (Phi) is 7.31. The summed E-state index contributed by atoms with van der Waals surface area (Å²) in [5, 5.41) is 5.82. The Balaban J connectivity index is 1.84. The minimum atomic E-state index is -0.192. The third-order valence-corrected chi connectivity index (χ3v) is 4.55. The molecule has 2 heterocycles. The second kappa shape index (κ2) is 9.47. The molecule has 1 aromatic rings. The van der Waals surface area contributed by atoms with Crippen molar-refractivity contribution in [2.75, 3.05) is 32.1 Å². The number of aromatic nitrogens is 1. The summed E-state index contributed by atoms with van der Waals surface area (Å²) in [6.45, 7) is 7.38. The molecule has 1 saturated heterocycles. The van der Waals surface area contributed by atoms with Crippen molar-refractivity contribution in [1.29, 1.82) is 0 Å². The van der Waals surface area contributed by atoms with Gasteiger partial charge in [0.25, 0.3) is 0 Å². The maximum absolute atomic E-state index is 12.1. The van der Waals surface area contributed by atoms with E-state index >= 15 is 0 Å². The number of hydrogen-bond donors (Lipinski definition) is 2. The van der Waals surface area contributed by atoms with Gasteiger partial charge in [-0.3, -0.25) is 4.90 Å². The molecule has 1 atom stereocenters. The van der Waals surface area contributed by atoms with Gasteiger partial charge in [0.1, 0.15) is 0 Å². The minimum absolute atomic E-state index is 0.192. The fraction of sp³-hybridized carbons (Fsp3) is 0.667. The zero-order valence-electron chi connectivity index (χ0n) is 15.0.